The first-order valence-corrected chi connectivity index (χ1v) is 10.5. The van der Waals surface area contributed by atoms with E-state index in [0.29, 0.717) is 13.1 Å². The number of nitrogens with zero attached hydrogens (tertiary/aromatic N) is 2. The van der Waals surface area contributed by atoms with Crippen molar-refractivity contribution in [2.24, 2.45) is 9.98 Å². The van der Waals surface area contributed by atoms with Crippen LogP contribution in [0.3, 0.4) is 0 Å². The Balaban J connectivity index is 3.00. The molecule has 0 unspecified atom stereocenters. The van der Waals surface area contributed by atoms with Gasteiger partial charge in [-0.1, -0.05) is 96.3 Å². The van der Waals surface area contributed by atoms with E-state index in [9.17, 15) is 9.59 Å². The molecule has 4 nitrogen and oxygen atoms in total. The molecule has 0 rings (SSSR count). The molecule has 0 amide bonds. The molecule has 4 heteroatoms. The van der Waals surface area contributed by atoms with Crippen LogP contribution in [0, 0.1) is 0 Å². The summed E-state index contributed by atoms with van der Waals surface area (Å²) in [6.45, 7) is 1.31. The lowest BCUT2D eigenvalue weighted by atomic mass is 10.0. The van der Waals surface area contributed by atoms with Crippen molar-refractivity contribution >= 4 is 12.2 Å². The van der Waals surface area contributed by atoms with E-state index in [4.69, 9.17) is 0 Å². The zero-order chi connectivity index (χ0) is 18.3. The molecule has 0 saturated carbocycles. The van der Waals surface area contributed by atoms with Crippen molar-refractivity contribution in [3.05, 3.63) is 0 Å². The zero-order valence-corrected chi connectivity index (χ0v) is 16.1. The van der Waals surface area contributed by atoms with Crippen LogP contribution >= 0.6 is 0 Å². The molecule has 0 aromatic carbocycles. The topological polar surface area (TPSA) is 58.9 Å². The quantitative estimate of drug-likeness (QED) is 0.147. The molecule has 0 aromatic heterocycles. The number of aliphatic imine (C=N–C) groups is 2. The van der Waals surface area contributed by atoms with Gasteiger partial charge in [-0.25, -0.2) is 19.6 Å². The molecule has 0 aliphatic heterocycles. The van der Waals surface area contributed by atoms with E-state index in [1.54, 1.807) is 12.2 Å². The minimum absolute atomic E-state index is 0.653. The van der Waals surface area contributed by atoms with Gasteiger partial charge >= 0.3 is 0 Å². The smallest absolute Gasteiger partial charge is 0.211 e. The number of unbranched alkanes of at least 4 members (excludes halogenated alkanes) is 16. The Morgan fingerprint density at radius 2 is 0.560 bits per heavy atom. The largest absolute Gasteiger partial charge is 0.234 e. The van der Waals surface area contributed by atoms with Crippen molar-refractivity contribution in [1.82, 2.24) is 0 Å². The highest BCUT2D eigenvalue weighted by Gasteiger charge is 1.95. The summed E-state index contributed by atoms with van der Waals surface area (Å²) in [5, 5.41) is 0. The van der Waals surface area contributed by atoms with E-state index in [1.807, 2.05) is 0 Å². The summed E-state index contributed by atoms with van der Waals surface area (Å²) in [5.41, 5.74) is 0. The summed E-state index contributed by atoms with van der Waals surface area (Å²) in [6, 6.07) is 0. The molecule has 0 aromatic rings. The van der Waals surface area contributed by atoms with Gasteiger partial charge in [0, 0.05) is 0 Å². The third-order valence-corrected chi connectivity index (χ3v) is 4.67. The molecule has 0 spiro atoms. The van der Waals surface area contributed by atoms with E-state index in [1.165, 1.54) is 96.3 Å². The summed E-state index contributed by atoms with van der Waals surface area (Å²) in [4.78, 5) is 26.9. The molecule has 0 aliphatic carbocycles. The monoisotopic (exact) mass is 350 g/mol. The van der Waals surface area contributed by atoms with Crippen molar-refractivity contribution in [1.29, 1.82) is 0 Å². The lowest BCUT2D eigenvalue weighted by molar-refractivity contribution is 0.526. The van der Waals surface area contributed by atoms with Crippen LogP contribution in [0.25, 0.3) is 0 Å². The van der Waals surface area contributed by atoms with E-state index in [-0.39, 0.29) is 0 Å². The minimum atomic E-state index is 0.653. The van der Waals surface area contributed by atoms with Crippen molar-refractivity contribution in [3.8, 4) is 0 Å². The molecule has 144 valence electrons. The Labute approximate surface area is 154 Å². The first-order chi connectivity index (χ1) is 12.4. The molecule has 0 bridgehead atoms. The van der Waals surface area contributed by atoms with Crippen LogP contribution in [0.15, 0.2) is 9.98 Å². The second-order valence-corrected chi connectivity index (χ2v) is 6.96. The molecular weight excluding hydrogens is 312 g/mol. The lowest BCUT2D eigenvalue weighted by Crippen LogP contribution is -1.85. The predicted molar refractivity (Wildman–Crippen MR) is 104 cm³/mol. The molecule has 0 fully saturated rings. The Morgan fingerprint density at radius 1 is 0.360 bits per heavy atom. The highest BCUT2D eigenvalue weighted by molar-refractivity contribution is 5.32. The van der Waals surface area contributed by atoms with Gasteiger partial charge in [0.15, 0.2) is 0 Å². The molecule has 0 N–H and O–H groups in total. The molecule has 0 radical (unpaired) electrons. The third-order valence-electron chi connectivity index (χ3n) is 4.67. The van der Waals surface area contributed by atoms with Gasteiger partial charge in [-0.3, -0.25) is 0 Å². The first kappa shape index (κ1) is 23.8. The van der Waals surface area contributed by atoms with E-state index in [0.717, 1.165) is 12.8 Å². The van der Waals surface area contributed by atoms with Crippen LogP contribution in [-0.2, 0) is 9.59 Å². The molecule has 0 atom stereocenters. The molecular formula is C21H38N2O2. The van der Waals surface area contributed by atoms with Crippen LogP contribution in [0.1, 0.15) is 109 Å². The second kappa shape index (κ2) is 22.8. The summed E-state index contributed by atoms with van der Waals surface area (Å²) < 4.78 is 0. The van der Waals surface area contributed by atoms with Gasteiger partial charge in [0.2, 0.25) is 12.2 Å². The Bertz CT molecular complexity index is 325. The van der Waals surface area contributed by atoms with E-state index < -0.39 is 0 Å². The highest BCUT2D eigenvalue weighted by Crippen LogP contribution is 2.14. The molecule has 0 heterocycles. The molecule has 25 heavy (non-hydrogen) atoms. The van der Waals surface area contributed by atoms with Gasteiger partial charge in [-0.15, -0.1) is 0 Å². The SMILES string of the molecule is O=C=NCCCCCCCCCCCCCCCCCCCN=C=O. The Kier molecular flexibility index (Phi) is 21.6. The Hall–Kier alpha value is -1.24. The van der Waals surface area contributed by atoms with Gasteiger partial charge in [-0.05, 0) is 12.8 Å². The van der Waals surface area contributed by atoms with E-state index >= 15 is 0 Å². The maximum absolute atomic E-state index is 9.90. The van der Waals surface area contributed by atoms with Gasteiger partial charge in [0.1, 0.15) is 0 Å². The number of isocyanates is 2. The van der Waals surface area contributed by atoms with Crippen LogP contribution in [0.4, 0.5) is 0 Å². The van der Waals surface area contributed by atoms with Crippen molar-refractivity contribution < 1.29 is 9.59 Å². The van der Waals surface area contributed by atoms with Crippen molar-refractivity contribution in [2.45, 2.75) is 109 Å². The summed E-state index contributed by atoms with van der Waals surface area (Å²) in [6.07, 6.45) is 25.3. The number of carbonyl (C=O) groups excluding carboxylic acids is 2. The van der Waals surface area contributed by atoms with Gasteiger partial charge < -0.3 is 0 Å². The second-order valence-electron chi connectivity index (χ2n) is 6.96. The normalized spacial score (nSPS) is 10.2. The number of hydrogen-bond acceptors (Lipinski definition) is 4. The van der Waals surface area contributed by atoms with Crippen molar-refractivity contribution in [2.75, 3.05) is 13.1 Å². The van der Waals surface area contributed by atoms with Crippen LogP contribution in [-0.4, -0.2) is 25.2 Å². The van der Waals surface area contributed by atoms with Crippen LogP contribution in [0.5, 0.6) is 0 Å². The average Bonchev–Trinajstić information content (AvgIpc) is 2.63. The standard InChI is InChI=1S/C21H38N2O2/c24-20-22-18-16-14-12-10-8-6-4-2-1-3-5-7-9-11-13-15-17-19-23-21-25/h1-19H2. The first-order valence-electron chi connectivity index (χ1n) is 10.5. The molecule has 0 saturated heterocycles. The third kappa shape index (κ3) is 22.8. The fourth-order valence-corrected chi connectivity index (χ4v) is 3.12. The Morgan fingerprint density at radius 3 is 0.760 bits per heavy atom. The maximum Gasteiger partial charge on any atom is 0.234 e. The van der Waals surface area contributed by atoms with Crippen LogP contribution < -0.4 is 0 Å². The average molecular weight is 351 g/mol. The zero-order valence-electron chi connectivity index (χ0n) is 16.1. The highest BCUT2D eigenvalue weighted by atomic mass is 16.1. The summed E-state index contributed by atoms with van der Waals surface area (Å²) in [7, 11) is 0. The fourth-order valence-electron chi connectivity index (χ4n) is 3.12. The lowest BCUT2D eigenvalue weighted by Gasteiger charge is -2.03. The van der Waals surface area contributed by atoms with Gasteiger partial charge in [0.05, 0.1) is 13.1 Å². The number of hydrogen-bond donors (Lipinski definition) is 0. The van der Waals surface area contributed by atoms with Gasteiger partial charge in [0.25, 0.3) is 0 Å². The predicted octanol–water partition coefficient (Wildman–Crippen LogP) is 6.29. The van der Waals surface area contributed by atoms with Crippen molar-refractivity contribution in [3.63, 3.8) is 0 Å². The fraction of sp³-hybridized carbons (Fsp3) is 0.905. The van der Waals surface area contributed by atoms with Gasteiger partial charge in [-0.2, -0.15) is 0 Å². The van der Waals surface area contributed by atoms with Crippen LogP contribution in [0.2, 0.25) is 0 Å². The summed E-state index contributed by atoms with van der Waals surface area (Å²) in [5.74, 6) is 0. The molecule has 0 aliphatic rings. The minimum Gasteiger partial charge on any atom is -0.211 e. The number of rotatable bonds is 20. The van der Waals surface area contributed by atoms with E-state index in [2.05, 4.69) is 9.98 Å². The maximum atomic E-state index is 9.90. The summed E-state index contributed by atoms with van der Waals surface area (Å²) >= 11 is 0.